The normalized spacial score (nSPS) is 27.6. The molecular formula is C21H28N2O4. The van der Waals surface area contributed by atoms with Gasteiger partial charge in [0.1, 0.15) is 5.75 Å². The van der Waals surface area contributed by atoms with Crippen molar-refractivity contribution in [2.45, 2.75) is 44.7 Å². The molecule has 27 heavy (non-hydrogen) atoms. The maximum Gasteiger partial charge on any atom is 0.231 e. The maximum atomic E-state index is 13.0. The van der Waals surface area contributed by atoms with Gasteiger partial charge in [-0.3, -0.25) is 9.69 Å². The van der Waals surface area contributed by atoms with Crippen LogP contribution in [0, 0.1) is 11.8 Å². The zero-order chi connectivity index (χ0) is 18.4. The number of ether oxygens (including phenoxy) is 3. The van der Waals surface area contributed by atoms with Gasteiger partial charge in [0.2, 0.25) is 12.7 Å². The lowest BCUT2D eigenvalue weighted by Crippen LogP contribution is -2.50. The fraction of sp³-hybridized carbons (Fsp3) is 0.667. The van der Waals surface area contributed by atoms with Crippen LogP contribution in [0.2, 0.25) is 0 Å². The Hall–Kier alpha value is -1.95. The molecule has 4 heterocycles. The minimum absolute atomic E-state index is 0.142. The van der Waals surface area contributed by atoms with E-state index >= 15 is 0 Å². The van der Waals surface area contributed by atoms with Crippen LogP contribution in [0.25, 0.3) is 0 Å². The molecule has 6 rings (SSSR count). The SMILES string of the molecule is COc1cc2c(cc1CN1C[C@H]3CC[C@@H](C1)N(CC1CCC1)C3=O)OCO2. The smallest absolute Gasteiger partial charge is 0.231 e. The molecule has 3 saturated heterocycles. The first-order valence-electron chi connectivity index (χ1n) is 10.2. The summed E-state index contributed by atoms with van der Waals surface area (Å²) >= 11 is 0. The highest BCUT2D eigenvalue weighted by atomic mass is 16.7. The van der Waals surface area contributed by atoms with Gasteiger partial charge in [-0.2, -0.15) is 0 Å². The summed E-state index contributed by atoms with van der Waals surface area (Å²) in [5, 5.41) is 0. The van der Waals surface area contributed by atoms with Gasteiger partial charge in [0, 0.05) is 43.9 Å². The molecule has 0 N–H and O–H groups in total. The topological polar surface area (TPSA) is 51.2 Å². The minimum Gasteiger partial charge on any atom is -0.496 e. The van der Waals surface area contributed by atoms with Crippen molar-refractivity contribution in [2.24, 2.45) is 11.8 Å². The number of hydrogen-bond donors (Lipinski definition) is 0. The van der Waals surface area contributed by atoms with Crippen LogP contribution >= 0.6 is 0 Å². The van der Waals surface area contributed by atoms with Crippen molar-refractivity contribution < 1.29 is 19.0 Å². The van der Waals surface area contributed by atoms with Crippen molar-refractivity contribution >= 4 is 5.91 Å². The van der Waals surface area contributed by atoms with Gasteiger partial charge in [-0.25, -0.2) is 0 Å². The summed E-state index contributed by atoms with van der Waals surface area (Å²) in [6, 6.07) is 4.30. The Bertz CT molecular complexity index is 733. The number of nitrogens with zero attached hydrogens (tertiary/aromatic N) is 2. The third kappa shape index (κ3) is 3.14. The Morgan fingerprint density at radius 3 is 2.67 bits per heavy atom. The van der Waals surface area contributed by atoms with E-state index in [1.54, 1.807) is 7.11 Å². The Labute approximate surface area is 160 Å². The lowest BCUT2D eigenvalue weighted by Gasteiger charge is -2.40. The fourth-order valence-electron chi connectivity index (χ4n) is 4.97. The molecule has 5 aliphatic rings. The molecular weight excluding hydrogens is 344 g/mol. The van der Waals surface area contributed by atoms with Crippen molar-refractivity contribution in [3.63, 3.8) is 0 Å². The number of fused-ring (bicyclic) bond motifs is 5. The van der Waals surface area contributed by atoms with E-state index < -0.39 is 0 Å². The van der Waals surface area contributed by atoms with Crippen LogP contribution in [0.5, 0.6) is 17.2 Å². The van der Waals surface area contributed by atoms with Crippen molar-refractivity contribution in [3.8, 4) is 17.2 Å². The number of benzene rings is 1. The number of carbonyl (C=O) groups is 1. The number of hydrogen-bond acceptors (Lipinski definition) is 5. The maximum absolute atomic E-state index is 13.0. The van der Waals surface area contributed by atoms with Gasteiger partial charge in [0.15, 0.2) is 11.5 Å². The fourth-order valence-corrected chi connectivity index (χ4v) is 4.97. The molecule has 0 unspecified atom stereocenters. The molecule has 2 bridgehead atoms. The summed E-state index contributed by atoms with van der Waals surface area (Å²) in [4.78, 5) is 17.6. The van der Waals surface area contributed by atoms with Crippen LogP contribution in [0.3, 0.4) is 0 Å². The van der Waals surface area contributed by atoms with E-state index in [9.17, 15) is 4.79 Å². The lowest BCUT2D eigenvalue weighted by atomic mass is 9.83. The standard InChI is InChI=1S/C21H28N2O4/c1-25-18-8-20-19(26-13-27-20)7-16(18)11-22-10-15-5-6-17(12-22)23(21(15)24)9-14-3-2-4-14/h7-8,14-15,17H,2-6,9-13H2,1H3/t15-,17+/m1/s1. The highest BCUT2D eigenvalue weighted by Gasteiger charge is 2.41. The number of piperidine rings is 1. The number of carbonyl (C=O) groups excluding carboxylic acids is 1. The molecule has 1 aromatic rings. The minimum atomic E-state index is 0.142. The molecule has 2 atom stereocenters. The quantitative estimate of drug-likeness (QED) is 0.795. The van der Waals surface area contributed by atoms with E-state index in [4.69, 9.17) is 14.2 Å². The number of amides is 1. The first-order chi connectivity index (χ1) is 13.2. The second-order valence-electron chi connectivity index (χ2n) is 8.43. The molecule has 1 saturated carbocycles. The van der Waals surface area contributed by atoms with Gasteiger partial charge in [-0.05, 0) is 37.7 Å². The monoisotopic (exact) mass is 372 g/mol. The van der Waals surface area contributed by atoms with Crippen LogP contribution in [-0.4, -0.2) is 55.3 Å². The summed E-state index contributed by atoms with van der Waals surface area (Å²) < 4.78 is 16.6. The van der Waals surface area contributed by atoms with E-state index in [1.807, 2.05) is 12.1 Å². The van der Waals surface area contributed by atoms with Crippen LogP contribution < -0.4 is 14.2 Å². The van der Waals surface area contributed by atoms with E-state index in [1.165, 1.54) is 19.3 Å². The Morgan fingerprint density at radius 1 is 1.11 bits per heavy atom. The summed E-state index contributed by atoms with van der Waals surface area (Å²) in [6.07, 6.45) is 6.08. The second-order valence-corrected chi connectivity index (χ2v) is 8.43. The third-order valence-electron chi connectivity index (χ3n) is 6.72. The van der Waals surface area contributed by atoms with E-state index in [0.717, 1.165) is 67.8 Å². The lowest BCUT2D eigenvalue weighted by molar-refractivity contribution is -0.141. The predicted octanol–water partition coefficient (Wildman–Crippen LogP) is 2.65. The summed E-state index contributed by atoms with van der Waals surface area (Å²) in [7, 11) is 1.69. The largest absolute Gasteiger partial charge is 0.496 e. The number of methoxy groups -OCH3 is 1. The van der Waals surface area contributed by atoms with Gasteiger partial charge in [-0.1, -0.05) is 6.42 Å². The van der Waals surface area contributed by atoms with Crippen LogP contribution in [-0.2, 0) is 11.3 Å². The van der Waals surface area contributed by atoms with E-state index in [-0.39, 0.29) is 12.7 Å². The molecule has 4 fully saturated rings. The zero-order valence-electron chi connectivity index (χ0n) is 16.0. The predicted molar refractivity (Wildman–Crippen MR) is 100.0 cm³/mol. The van der Waals surface area contributed by atoms with Gasteiger partial charge >= 0.3 is 0 Å². The van der Waals surface area contributed by atoms with Gasteiger partial charge in [0.25, 0.3) is 0 Å². The van der Waals surface area contributed by atoms with Gasteiger partial charge < -0.3 is 19.1 Å². The van der Waals surface area contributed by atoms with E-state index in [0.29, 0.717) is 11.9 Å². The second kappa shape index (κ2) is 6.89. The molecule has 6 nitrogen and oxygen atoms in total. The molecule has 0 spiro atoms. The highest BCUT2D eigenvalue weighted by molar-refractivity contribution is 5.80. The van der Waals surface area contributed by atoms with Crippen molar-refractivity contribution in [1.82, 2.24) is 9.80 Å². The molecule has 1 amide bonds. The van der Waals surface area contributed by atoms with Crippen molar-refractivity contribution in [2.75, 3.05) is 33.5 Å². The molecule has 146 valence electrons. The van der Waals surface area contributed by atoms with Crippen LogP contribution in [0.15, 0.2) is 12.1 Å². The summed E-state index contributed by atoms with van der Waals surface area (Å²) in [6.45, 7) is 3.81. The average Bonchev–Trinajstić information content (AvgIpc) is 2.93. The average molecular weight is 372 g/mol. The number of rotatable bonds is 5. The van der Waals surface area contributed by atoms with E-state index in [2.05, 4.69) is 9.80 Å². The molecule has 4 aliphatic heterocycles. The first-order valence-corrected chi connectivity index (χ1v) is 10.2. The molecule has 6 heteroatoms. The van der Waals surface area contributed by atoms with Crippen molar-refractivity contribution in [3.05, 3.63) is 17.7 Å². The van der Waals surface area contributed by atoms with Crippen molar-refractivity contribution in [1.29, 1.82) is 0 Å². The van der Waals surface area contributed by atoms with Crippen LogP contribution in [0.1, 0.15) is 37.7 Å². The highest BCUT2D eigenvalue weighted by Crippen LogP contribution is 2.39. The first kappa shape index (κ1) is 17.2. The van der Waals surface area contributed by atoms with Gasteiger partial charge in [0.05, 0.1) is 13.0 Å². The third-order valence-corrected chi connectivity index (χ3v) is 6.72. The van der Waals surface area contributed by atoms with Gasteiger partial charge in [-0.15, -0.1) is 0 Å². The summed E-state index contributed by atoms with van der Waals surface area (Å²) in [5.74, 6) is 3.62. The molecule has 0 radical (unpaired) electrons. The molecule has 1 aliphatic carbocycles. The summed E-state index contributed by atoms with van der Waals surface area (Å²) in [5.41, 5.74) is 1.10. The van der Waals surface area contributed by atoms with Crippen LogP contribution in [0.4, 0.5) is 0 Å². The molecule has 0 aromatic heterocycles. The zero-order valence-corrected chi connectivity index (χ0v) is 16.0. The molecule has 1 aromatic carbocycles. The Balaban J connectivity index is 1.34. The Morgan fingerprint density at radius 2 is 1.93 bits per heavy atom. The Kier molecular flexibility index (Phi) is 4.38.